The molecular formula is C13H20N4O4. The molecule has 1 aliphatic rings. The highest BCUT2D eigenvalue weighted by Crippen LogP contribution is 2.28. The number of nitrogens with zero attached hydrogens (tertiary/aromatic N) is 2. The monoisotopic (exact) mass is 296 g/mol. The topological polar surface area (TPSA) is 105 Å². The fourth-order valence-electron chi connectivity index (χ4n) is 2.30. The number of hydrogen-bond acceptors (Lipinski definition) is 4. The van der Waals surface area contributed by atoms with Gasteiger partial charge in [-0.1, -0.05) is 6.92 Å². The van der Waals surface area contributed by atoms with Gasteiger partial charge in [-0.2, -0.15) is 5.10 Å². The maximum atomic E-state index is 12.0. The second-order valence-corrected chi connectivity index (χ2v) is 5.41. The molecule has 0 bridgehead atoms. The summed E-state index contributed by atoms with van der Waals surface area (Å²) in [7, 11) is 1.77. The number of hydrogen-bond donors (Lipinski definition) is 3. The van der Waals surface area contributed by atoms with Crippen molar-refractivity contribution in [3.63, 3.8) is 0 Å². The van der Waals surface area contributed by atoms with Crippen LogP contribution >= 0.6 is 0 Å². The van der Waals surface area contributed by atoms with E-state index in [9.17, 15) is 14.7 Å². The molecule has 3 N–H and O–H groups in total. The minimum Gasteiger partial charge on any atom is -0.481 e. The third-order valence-electron chi connectivity index (χ3n) is 3.74. The predicted molar refractivity (Wildman–Crippen MR) is 75.1 cm³/mol. The Morgan fingerprint density at radius 1 is 1.62 bits per heavy atom. The highest BCUT2D eigenvalue weighted by Gasteiger charge is 2.47. The lowest BCUT2D eigenvalue weighted by Gasteiger charge is -2.25. The first kappa shape index (κ1) is 15.3. The maximum Gasteiger partial charge on any atom is 0.319 e. The van der Waals surface area contributed by atoms with Crippen molar-refractivity contribution in [2.45, 2.75) is 26.3 Å². The van der Waals surface area contributed by atoms with Gasteiger partial charge in [0, 0.05) is 13.2 Å². The number of urea groups is 1. The molecule has 2 rings (SSSR count). The van der Waals surface area contributed by atoms with E-state index in [1.165, 1.54) is 0 Å². The maximum absolute atomic E-state index is 12.0. The molecular weight excluding hydrogens is 276 g/mol. The molecule has 0 aliphatic carbocycles. The van der Waals surface area contributed by atoms with Crippen LogP contribution in [0.5, 0.6) is 0 Å². The van der Waals surface area contributed by atoms with E-state index in [2.05, 4.69) is 15.7 Å². The van der Waals surface area contributed by atoms with Crippen LogP contribution in [-0.2, 0) is 23.0 Å². The van der Waals surface area contributed by atoms with Crippen LogP contribution in [0.2, 0.25) is 0 Å². The summed E-state index contributed by atoms with van der Waals surface area (Å²) in [5, 5.41) is 18.9. The van der Waals surface area contributed by atoms with Crippen molar-refractivity contribution in [3.8, 4) is 0 Å². The van der Waals surface area contributed by atoms with Gasteiger partial charge in [0.1, 0.15) is 5.41 Å². The molecule has 116 valence electrons. The van der Waals surface area contributed by atoms with Gasteiger partial charge in [-0.3, -0.25) is 9.48 Å². The Kier molecular flexibility index (Phi) is 4.17. The molecule has 0 radical (unpaired) electrons. The Hall–Kier alpha value is -2.09. The number of aromatic nitrogens is 2. The number of amides is 2. The number of rotatable bonds is 4. The van der Waals surface area contributed by atoms with E-state index in [0.717, 1.165) is 5.69 Å². The standard InChI is InChI=1S/C13H20N4O4/c1-4-8-9(5-17(3)16-8)14-12(20)15-10-6-21-7-13(10,2)11(18)19/h5,10H,4,6-7H2,1-3H3,(H,18,19)(H2,14,15,20). The summed E-state index contributed by atoms with van der Waals surface area (Å²) < 4.78 is 6.81. The van der Waals surface area contributed by atoms with Gasteiger partial charge in [0.15, 0.2) is 0 Å². The lowest BCUT2D eigenvalue weighted by atomic mass is 9.85. The van der Waals surface area contributed by atoms with E-state index in [0.29, 0.717) is 12.1 Å². The Labute approximate surface area is 122 Å². The molecule has 8 nitrogen and oxygen atoms in total. The van der Waals surface area contributed by atoms with Gasteiger partial charge < -0.3 is 20.5 Å². The fourth-order valence-corrected chi connectivity index (χ4v) is 2.30. The third kappa shape index (κ3) is 2.99. The number of carbonyl (C=O) groups excluding carboxylic acids is 1. The predicted octanol–water partition coefficient (Wildman–Crippen LogP) is 0.594. The van der Waals surface area contributed by atoms with E-state index in [1.807, 2.05) is 6.92 Å². The van der Waals surface area contributed by atoms with E-state index >= 15 is 0 Å². The molecule has 1 aromatic heterocycles. The fraction of sp³-hybridized carbons (Fsp3) is 0.615. The van der Waals surface area contributed by atoms with Crippen LogP contribution in [0.3, 0.4) is 0 Å². The van der Waals surface area contributed by atoms with Crippen molar-refractivity contribution in [3.05, 3.63) is 11.9 Å². The number of nitrogens with one attached hydrogen (secondary N) is 2. The van der Waals surface area contributed by atoms with E-state index in [1.54, 1.807) is 24.9 Å². The zero-order valence-electron chi connectivity index (χ0n) is 12.3. The van der Waals surface area contributed by atoms with E-state index in [4.69, 9.17) is 4.74 Å². The summed E-state index contributed by atoms with van der Waals surface area (Å²) in [5.41, 5.74) is 0.282. The van der Waals surface area contributed by atoms with E-state index in [-0.39, 0.29) is 13.2 Å². The molecule has 8 heteroatoms. The molecule has 2 amide bonds. The van der Waals surface area contributed by atoms with Crippen molar-refractivity contribution in [1.29, 1.82) is 0 Å². The normalized spacial score (nSPS) is 24.8. The van der Waals surface area contributed by atoms with Crippen molar-refractivity contribution in [1.82, 2.24) is 15.1 Å². The second-order valence-electron chi connectivity index (χ2n) is 5.41. The highest BCUT2D eigenvalue weighted by atomic mass is 16.5. The molecule has 1 saturated heterocycles. The van der Waals surface area contributed by atoms with Gasteiger partial charge in [0.2, 0.25) is 0 Å². The first-order chi connectivity index (χ1) is 9.86. The highest BCUT2D eigenvalue weighted by molar-refractivity contribution is 5.90. The largest absolute Gasteiger partial charge is 0.481 e. The number of carboxylic acids is 1. The number of ether oxygens (including phenoxy) is 1. The zero-order chi connectivity index (χ0) is 15.6. The van der Waals surface area contributed by atoms with Gasteiger partial charge in [-0.25, -0.2) is 4.79 Å². The van der Waals surface area contributed by atoms with Crippen LogP contribution in [0.25, 0.3) is 0 Å². The summed E-state index contributed by atoms with van der Waals surface area (Å²) in [6.45, 7) is 3.77. The molecule has 1 aliphatic heterocycles. The van der Waals surface area contributed by atoms with Crippen molar-refractivity contribution >= 4 is 17.7 Å². The summed E-state index contributed by atoms with van der Waals surface area (Å²) in [5.74, 6) is -0.985. The molecule has 2 heterocycles. The smallest absolute Gasteiger partial charge is 0.319 e. The molecule has 2 atom stereocenters. The first-order valence-corrected chi connectivity index (χ1v) is 6.78. The van der Waals surface area contributed by atoms with Crippen molar-refractivity contribution in [2.75, 3.05) is 18.5 Å². The van der Waals surface area contributed by atoms with Gasteiger partial charge in [-0.15, -0.1) is 0 Å². The van der Waals surface area contributed by atoms with Gasteiger partial charge in [0.25, 0.3) is 0 Å². The van der Waals surface area contributed by atoms with Crippen LogP contribution < -0.4 is 10.6 Å². The Balaban J connectivity index is 2.03. The number of carbonyl (C=O) groups is 2. The van der Waals surface area contributed by atoms with Crippen LogP contribution in [0.15, 0.2) is 6.20 Å². The van der Waals surface area contributed by atoms with Gasteiger partial charge in [0.05, 0.1) is 30.6 Å². The molecule has 1 aromatic rings. The number of carboxylic acid groups (broad SMARTS) is 1. The minimum atomic E-state index is -1.11. The Morgan fingerprint density at radius 2 is 2.33 bits per heavy atom. The molecule has 0 saturated carbocycles. The SMILES string of the molecule is CCc1nn(C)cc1NC(=O)NC1COCC1(C)C(=O)O. The quantitative estimate of drug-likeness (QED) is 0.754. The van der Waals surface area contributed by atoms with Gasteiger partial charge >= 0.3 is 12.0 Å². The first-order valence-electron chi connectivity index (χ1n) is 6.78. The molecule has 1 fully saturated rings. The van der Waals surface area contributed by atoms with Crippen LogP contribution in [0.4, 0.5) is 10.5 Å². The lowest BCUT2D eigenvalue weighted by molar-refractivity contribution is -0.148. The minimum absolute atomic E-state index is 0.0837. The number of aliphatic carboxylic acids is 1. The molecule has 21 heavy (non-hydrogen) atoms. The van der Waals surface area contributed by atoms with E-state index < -0.39 is 23.5 Å². The molecule has 2 unspecified atom stereocenters. The van der Waals surface area contributed by atoms with Crippen molar-refractivity contribution < 1.29 is 19.4 Å². The summed E-state index contributed by atoms with van der Waals surface area (Å²) >= 11 is 0. The summed E-state index contributed by atoms with van der Waals surface area (Å²) in [6.07, 6.45) is 2.40. The average Bonchev–Trinajstić information content (AvgIpc) is 2.94. The van der Waals surface area contributed by atoms with Gasteiger partial charge in [-0.05, 0) is 13.3 Å². The van der Waals surface area contributed by atoms with Crippen LogP contribution in [0.1, 0.15) is 19.5 Å². The lowest BCUT2D eigenvalue weighted by Crippen LogP contribution is -2.50. The number of aryl methyl sites for hydroxylation is 2. The van der Waals surface area contributed by atoms with Crippen LogP contribution in [-0.4, -0.2) is 46.1 Å². The average molecular weight is 296 g/mol. The molecule has 0 aromatic carbocycles. The Morgan fingerprint density at radius 3 is 2.95 bits per heavy atom. The molecule has 0 spiro atoms. The second kappa shape index (κ2) is 5.72. The summed E-state index contributed by atoms with van der Waals surface area (Å²) in [4.78, 5) is 23.4. The van der Waals surface area contributed by atoms with Crippen molar-refractivity contribution in [2.24, 2.45) is 12.5 Å². The summed E-state index contributed by atoms with van der Waals surface area (Å²) in [6, 6.07) is -1.03. The Bertz CT molecular complexity index is 556. The zero-order valence-corrected chi connectivity index (χ0v) is 12.3. The number of anilines is 1. The van der Waals surface area contributed by atoms with Crippen LogP contribution in [0, 0.1) is 5.41 Å². The third-order valence-corrected chi connectivity index (χ3v) is 3.74.